The van der Waals surface area contributed by atoms with Crippen molar-refractivity contribution in [1.82, 2.24) is 5.32 Å². The van der Waals surface area contributed by atoms with Gasteiger partial charge in [0.1, 0.15) is 17.4 Å². The minimum atomic E-state index is -0.885. The van der Waals surface area contributed by atoms with E-state index in [1.54, 1.807) is 18.2 Å². The number of rotatable bonds is 9. The van der Waals surface area contributed by atoms with E-state index in [2.05, 4.69) is 5.32 Å². The van der Waals surface area contributed by atoms with Gasteiger partial charge in [-0.1, -0.05) is 30.3 Å². The van der Waals surface area contributed by atoms with Crippen molar-refractivity contribution in [3.63, 3.8) is 0 Å². The molecule has 0 aromatic heterocycles. The molecule has 0 heterocycles. The number of amides is 1. The third kappa shape index (κ3) is 6.53. The Morgan fingerprint density at radius 1 is 1.07 bits per heavy atom. The Hall–Kier alpha value is -3.00. The van der Waals surface area contributed by atoms with Crippen LogP contribution in [0.15, 0.2) is 53.4 Å². The number of thioether (sulfide) groups is 1. The fraction of sp³-hybridized carbons (Fsp3) is 0.286. The number of hydrogen-bond acceptors (Lipinski definition) is 7. The number of esters is 2. The number of methoxy groups -OCH3 is 2. The van der Waals surface area contributed by atoms with Gasteiger partial charge in [-0.2, -0.15) is 0 Å². The van der Waals surface area contributed by atoms with Gasteiger partial charge in [0.15, 0.2) is 6.61 Å². The quantitative estimate of drug-likeness (QED) is 0.495. The van der Waals surface area contributed by atoms with Crippen LogP contribution in [-0.4, -0.2) is 51.0 Å². The fourth-order valence-electron chi connectivity index (χ4n) is 2.60. The highest BCUT2D eigenvalue weighted by Crippen LogP contribution is 2.25. The summed E-state index contributed by atoms with van der Waals surface area (Å²) in [6.07, 6.45) is 2.17. The molecule has 0 aliphatic carbocycles. The van der Waals surface area contributed by atoms with Gasteiger partial charge in [-0.25, -0.2) is 9.59 Å². The van der Waals surface area contributed by atoms with E-state index in [1.165, 1.54) is 26.0 Å². The lowest BCUT2D eigenvalue weighted by atomic mass is 10.1. The first kappa shape index (κ1) is 22.3. The summed E-state index contributed by atoms with van der Waals surface area (Å²) in [6.45, 7) is -0.533. The molecular weight excluding hydrogens is 394 g/mol. The smallest absolute Gasteiger partial charge is 0.342 e. The van der Waals surface area contributed by atoms with Crippen molar-refractivity contribution >= 4 is 29.6 Å². The first-order chi connectivity index (χ1) is 14.0. The molecule has 8 heteroatoms. The van der Waals surface area contributed by atoms with Crippen LogP contribution in [0.25, 0.3) is 0 Å². The van der Waals surface area contributed by atoms with Crippen molar-refractivity contribution < 1.29 is 28.6 Å². The second kappa shape index (κ2) is 11.1. The highest BCUT2D eigenvalue weighted by Gasteiger charge is 2.23. The number of carbonyl (C=O) groups excluding carboxylic acids is 3. The first-order valence-electron chi connectivity index (χ1n) is 8.78. The Morgan fingerprint density at radius 2 is 1.79 bits per heavy atom. The maximum absolute atomic E-state index is 12.3. The van der Waals surface area contributed by atoms with E-state index in [4.69, 9.17) is 14.2 Å². The molecule has 154 valence electrons. The maximum atomic E-state index is 12.3. The topological polar surface area (TPSA) is 90.9 Å². The van der Waals surface area contributed by atoms with Crippen LogP contribution >= 0.6 is 11.8 Å². The van der Waals surface area contributed by atoms with Gasteiger partial charge in [0, 0.05) is 11.3 Å². The summed E-state index contributed by atoms with van der Waals surface area (Å²) in [6, 6.07) is 13.4. The van der Waals surface area contributed by atoms with Crippen LogP contribution in [0.2, 0.25) is 0 Å². The third-order valence-corrected chi connectivity index (χ3v) is 4.79. The second-order valence-electron chi connectivity index (χ2n) is 5.98. The first-order valence-corrected chi connectivity index (χ1v) is 10.0. The molecule has 0 saturated heterocycles. The Balaban J connectivity index is 1.98. The molecule has 0 fully saturated rings. The van der Waals surface area contributed by atoms with Crippen molar-refractivity contribution in [2.45, 2.75) is 17.4 Å². The molecular formula is C21H23NO6S. The summed E-state index contributed by atoms with van der Waals surface area (Å²) in [5.74, 6) is -1.52. The summed E-state index contributed by atoms with van der Waals surface area (Å²) >= 11 is 1.51. The van der Waals surface area contributed by atoms with Crippen molar-refractivity contribution in [2.24, 2.45) is 0 Å². The van der Waals surface area contributed by atoms with Gasteiger partial charge in [-0.05, 0) is 30.0 Å². The summed E-state index contributed by atoms with van der Waals surface area (Å²) < 4.78 is 15.0. The van der Waals surface area contributed by atoms with Gasteiger partial charge in [0.05, 0.1) is 14.2 Å². The van der Waals surface area contributed by atoms with Crippen LogP contribution in [0, 0.1) is 0 Å². The zero-order valence-electron chi connectivity index (χ0n) is 16.5. The van der Waals surface area contributed by atoms with Crippen LogP contribution in [0.5, 0.6) is 5.75 Å². The molecule has 2 aromatic carbocycles. The predicted octanol–water partition coefficient (Wildman–Crippen LogP) is 2.47. The van der Waals surface area contributed by atoms with Gasteiger partial charge < -0.3 is 19.5 Å². The minimum Gasteiger partial charge on any atom is -0.496 e. The van der Waals surface area contributed by atoms with E-state index in [-0.39, 0.29) is 12.0 Å². The van der Waals surface area contributed by atoms with E-state index >= 15 is 0 Å². The molecule has 0 bridgehead atoms. The Kier molecular flexibility index (Phi) is 8.54. The normalized spacial score (nSPS) is 11.3. The van der Waals surface area contributed by atoms with Crippen molar-refractivity contribution in [3.8, 4) is 5.75 Å². The molecule has 0 saturated carbocycles. The molecule has 0 spiro atoms. The number of hydrogen-bond donors (Lipinski definition) is 1. The summed E-state index contributed by atoms with van der Waals surface area (Å²) in [4.78, 5) is 37.5. The van der Waals surface area contributed by atoms with Crippen LogP contribution in [0.1, 0.15) is 15.9 Å². The van der Waals surface area contributed by atoms with E-state index in [0.717, 1.165) is 10.5 Å². The molecule has 2 rings (SSSR count). The van der Waals surface area contributed by atoms with E-state index in [9.17, 15) is 14.4 Å². The average molecular weight is 417 g/mol. The SMILES string of the molecule is COC(=O)[C@H](Cc1ccccc1)NC(=O)COC(=O)c1ccc(SC)cc1OC. The summed E-state index contributed by atoms with van der Waals surface area (Å²) in [5, 5.41) is 2.54. The molecule has 0 aliphatic heterocycles. The van der Waals surface area contributed by atoms with E-state index < -0.39 is 30.5 Å². The molecule has 1 N–H and O–H groups in total. The van der Waals surface area contributed by atoms with Crippen molar-refractivity contribution in [2.75, 3.05) is 27.1 Å². The van der Waals surface area contributed by atoms with E-state index in [1.807, 2.05) is 36.6 Å². The molecule has 0 unspecified atom stereocenters. The van der Waals surface area contributed by atoms with Gasteiger partial charge in [-0.3, -0.25) is 4.79 Å². The molecule has 29 heavy (non-hydrogen) atoms. The van der Waals surface area contributed by atoms with Crippen LogP contribution in [0.3, 0.4) is 0 Å². The minimum absolute atomic E-state index is 0.215. The van der Waals surface area contributed by atoms with Crippen molar-refractivity contribution in [1.29, 1.82) is 0 Å². The van der Waals surface area contributed by atoms with Gasteiger partial charge in [0.2, 0.25) is 0 Å². The van der Waals surface area contributed by atoms with Gasteiger partial charge >= 0.3 is 11.9 Å². The van der Waals surface area contributed by atoms with Gasteiger partial charge in [0.25, 0.3) is 5.91 Å². The number of carbonyl (C=O) groups is 3. The Labute approximate surface area is 173 Å². The average Bonchev–Trinajstić information content (AvgIpc) is 2.76. The molecule has 1 atom stereocenters. The monoisotopic (exact) mass is 417 g/mol. The standard InChI is InChI=1S/C21H23NO6S/c1-26-18-12-15(29-3)9-10-16(18)20(24)28-13-19(23)22-17(21(25)27-2)11-14-7-5-4-6-8-14/h4-10,12,17H,11,13H2,1-3H3,(H,22,23)/t17-/m0/s1. The van der Waals surface area contributed by atoms with Crippen LogP contribution < -0.4 is 10.1 Å². The number of benzene rings is 2. The lowest BCUT2D eigenvalue weighted by Crippen LogP contribution is -2.44. The molecule has 2 aromatic rings. The highest BCUT2D eigenvalue weighted by molar-refractivity contribution is 7.98. The predicted molar refractivity (Wildman–Crippen MR) is 109 cm³/mol. The lowest BCUT2D eigenvalue weighted by molar-refractivity contribution is -0.145. The molecule has 1 amide bonds. The number of ether oxygens (including phenoxy) is 3. The van der Waals surface area contributed by atoms with E-state index in [0.29, 0.717) is 5.75 Å². The highest BCUT2D eigenvalue weighted by atomic mass is 32.2. The van der Waals surface area contributed by atoms with Crippen molar-refractivity contribution in [3.05, 3.63) is 59.7 Å². The Morgan fingerprint density at radius 3 is 2.41 bits per heavy atom. The number of nitrogens with one attached hydrogen (secondary N) is 1. The van der Waals surface area contributed by atoms with Gasteiger partial charge in [-0.15, -0.1) is 11.8 Å². The zero-order chi connectivity index (χ0) is 21.2. The van der Waals surface area contributed by atoms with Crippen LogP contribution in [0.4, 0.5) is 0 Å². The summed E-state index contributed by atoms with van der Waals surface area (Å²) in [7, 11) is 2.70. The second-order valence-corrected chi connectivity index (χ2v) is 6.85. The maximum Gasteiger partial charge on any atom is 0.342 e. The molecule has 7 nitrogen and oxygen atoms in total. The Bertz CT molecular complexity index is 856. The fourth-order valence-corrected chi connectivity index (χ4v) is 3.03. The largest absolute Gasteiger partial charge is 0.496 e. The zero-order valence-corrected chi connectivity index (χ0v) is 17.3. The lowest BCUT2D eigenvalue weighted by Gasteiger charge is -2.17. The molecule has 0 radical (unpaired) electrons. The van der Waals surface area contributed by atoms with Crippen LogP contribution in [-0.2, 0) is 25.5 Å². The third-order valence-electron chi connectivity index (χ3n) is 4.07. The molecule has 0 aliphatic rings. The summed E-state index contributed by atoms with van der Waals surface area (Å²) in [5.41, 5.74) is 1.07.